The van der Waals surface area contributed by atoms with Gasteiger partial charge in [-0.2, -0.15) is 0 Å². The number of aryl methyl sites for hydroxylation is 1. The molecule has 1 fully saturated rings. The van der Waals surface area contributed by atoms with Crippen molar-refractivity contribution in [3.05, 3.63) is 83.8 Å². The molecule has 0 saturated carbocycles. The van der Waals surface area contributed by atoms with Gasteiger partial charge in [-0.15, -0.1) is 0 Å². The lowest BCUT2D eigenvalue weighted by Gasteiger charge is -2.33. The Labute approximate surface area is 176 Å². The Hall–Kier alpha value is -3.21. The zero-order chi connectivity index (χ0) is 20.9. The van der Waals surface area contributed by atoms with Gasteiger partial charge in [0.05, 0.1) is 12.8 Å². The summed E-state index contributed by atoms with van der Waals surface area (Å²) in [6.45, 7) is 3.85. The average molecular weight is 404 g/mol. The van der Waals surface area contributed by atoms with Crippen molar-refractivity contribution in [3.8, 4) is 17.0 Å². The van der Waals surface area contributed by atoms with Crippen LogP contribution in [0.1, 0.15) is 28.8 Å². The second kappa shape index (κ2) is 9.08. The predicted molar refractivity (Wildman–Crippen MR) is 115 cm³/mol. The molecule has 2 aromatic carbocycles. The fourth-order valence-corrected chi connectivity index (χ4v) is 3.91. The highest BCUT2D eigenvalue weighted by Gasteiger charge is 2.26. The Morgan fingerprint density at radius 3 is 2.77 bits per heavy atom. The van der Waals surface area contributed by atoms with Crippen molar-refractivity contribution >= 4 is 5.91 Å². The predicted octanol–water partition coefficient (Wildman–Crippen LogP) is 5.13. The molecular formula is C25H25FN2O2. The first-order chi connectivity index (χ1) is 14.6. The maximum Gasteiger partial charge on any atom is 0.254 e. The van der Waals surface area contributed by atoms with Crippen LogP contribution in [0.3, 0.4) is 0 Å². The number of likely N-dealkylation sites (tertiary alicyclic amines) is 1. The number of amides is 1. The summed E-state index contributed by atoms with van der Waals surface area (Å²) in [5.74, 6) is 0.302. The highest BCUT2D eigenvalue weighted by Crippen LogP contribution is 2.28. The van der Waals surface area contributed by atoms with E-state index in [1.54, 1.807) is 0 Å². The van der Waals surface area contributed by atoms with Crippen LogP contribution >= 0.6 is 0 Å². The number of carbonyl (C=O) groups is 1. The van der Waals surface area contributed by atoms with Gasteiger partial charge >= 0.3 is 0 Å². The van der Waals surface area contributed by atoms with E-state index in [1.807, 2.05) is 60.4 Å². The Morgan fingerprint density at radius 1 is 1.17 bits per heavy atom. The standard InChI is InChI=1S/C25H25FN2O2/c1-18-9-11-22(20-7-3-2-4-8-20)23(14-18)25(29)28-13-5-6-19(16-28)17-30-24-12-10-21(26)15-27-24/h2-4,7-12,14-15,19H,5-6,13,16-17H2,1H3. The van der Waals surface area contributed by atoms with Gasteiger partial charge < -0.3 is 9.64 Å². The van der Waals surface area contributed by atoms with E-state index in [1.165, 1.54) is 12.1 Å². The number of piperidine rings is 1. The number of halogens is 1. The maximum absolute atomic E-state index is 13.4. The quantitative estimate of drug-likeness (QED) is 0.592. The normalized spacial score (nSPS) is 16.3. The van der Waals surface area contributed by atoms with Crippen molar-refractivity contribution in [2.75, 3.05) is 19.7 Å². The molecule has 5 heteroatoms. The van der Waals surface area contributed by atoms with Gasteiger partial charge in [-0.25, -0.2) is 9.37 Å². The van der Waals surface area contributed by atoms with Gasteiger partial charge in [0.25, 0.3) is 5.91 Å². The van der Waals surface area contributed by atoms with Crippen molar-refractivity contribution < 1.29 is 13.9 Å². The monoisotopic (exact) mass is 404 g/mol. The molecule has 3 aromatic rings. The Balaban J connectivity index is 1.48. The van der Waals surface area contributed by atoms with Gasteiger partial charge in [0.15, 0.2) is 0 Å². The van der Waals surface area contributed by atoms with E-state index in [4.69, 9.17) is 4.74 Å². The van der Waals surface area contributed by atoms with E-state index in [2.05, 4.69) is 4.98 Å². The van der Waals surface area contributed by atoms with Crippen LogP contribution in [0.4, 0.5) is 4.39 Å². The van der Waals surface area contributed by atoms with Gasteiger partial charge in [0.1, 0.15) is 5.82 Å². The smallest absolute Gasteiger partial charge is 0.254 e. The highest BCUT2D eigenvalue weighted by molar-refractivity contribution is 6.01. The average Bonchev–Trinajstić information content (AvgIpc) is 2.79. The third-order valence-corrected chi connectivity index (χ3v) is 5.46. The number of pyridine rings is 1. The molecule has 0 spiro atoms. The number of hydrogen-bond acceptors (Lipinski definition) is 3. The van der Waals surface area contributed by atoms with Crippen LogP contribution in [0.15, 0.2) is 66.9 Å². The first-order valence-corrected chi connectivity index (χ1v) is 10.3. The number of hydrogen-bond donors (Lipinski definition) is 0. The summed E-state index contributed by atoms with van der Waals surface area (Å²) in [5, 5.41) is 0. The van der Waals surface area contributed by atoms with Crippen LogP contribution < -0.4 is 4.74 Å². The zero-order valence-electron chi connectivity index (χ0n) is 17.1. The van der Waals surface area contributed by atoms with Crippen LogP contribution in [0, 0.1) is 18.7 Å². The third kappa shape index (κ3) is 4.67. The van der Waals surface area contributed by atoms with E-state index in [9.17, 15) is 9.18 Å². The molecule has 1 aliphatic heterocycles. The lowest BCUT2D eigenvalue weighted by molar-refractivity contribution is 0.0632. The number of ether oxygens (including phenoxy) is 1. The lowest BCUT2D eigenvalue weighted by atomic mass is 9.94. The van der Waals surface area contributed by atoms with E-state index in [0.717, 1.165) is 47.8 Å². The van der Waals surface area contributed by atoms with E-state index < -0.39 is 0 Å². The van der Waals surface area contributed by atoms with Crippen LogP contribution in [-0.4, -0.2) is 35.5 Å². The second-order valence-corrected chi connectivity index (χ2v) is 7.80. The molecule has 1 atom stereocenters. The molecule has 2 heterocycles. The summed E-state index contributed by atoms with van der Waals surface area (Å²) in [7, 11) is 0. The zero-order valence-corrected chi connectivity index (χ0v) is 17.1. The van der Waals surface area contributed by atoms with E-state index in [-0.39, 0.29) is 17.6 Å². The molecule has 1 amide bonds. The minimum absolute atomic E-state index is 0.0576. The van der Waals surface area contributed by atoms with Crippen LogP contribution in [0.2, 0.25) is 0 Å². The second-order valence-electron chi connectivity index (χ2n) is 7.80. The summed E-state index contributed by atoms with van der Waals surface area (Å²) in [6, 6.07) is 18.9. The Bertz CT molecular complexity index is 1010. The summed E-state index contributed by atoms with van der Waals surface area (Å²) < 4.78 is 18.7. The summed E-state index contributed by atoms with van der Waals surface area (Å²) >= 11 is 0. The third-order valence-electron chi connectivity index (χ3n) is 5.46. The lowest BCUT2D eigenvalue weighted by Crippen LogP contribution is -2.41. The summed E-state index contributed by atoms with van der Waals surface area (Å²) in [6.07, 6.45) is 3.07. The number of rotatable bonds is 5. The molecule has 154 valence electrons. The highest BCUT2D eigenvalue weighted by atomic mass is 19.1. The largest absolute Gasteiger partial charge is 0.477 e. The Morgan fingerprint density at radius 2 is 2.00 bits per heavy atom. The molecule has 1 aliphatic rings. The van der Waals surface area contributed by atoms with Crippen molar-refractivity contribution in [1.82, 2.24) is 9.88 Å². The first kappa shape index (κ1) is 20.1. The minimum atomic E-state index is -0.385. The molecule has 1 aromatic heterocycles. The molecule has 0 bridgehead atoms. The molecule has 4 nitrogen and oxygen atoms in total. The number of benzene rings is 2. The van der Waals surface area contributed by atoms with Crippen LogP contribution in [-0.2, 0) is 0 Å². The van der Waals surface area contributed by atoms with Gasteiger partial charge in [-0.1, -0.05) is 48.0 Å². The maximum atomic E-state index is 13.4. The van der Waals surface area contributed by atoms with Crippen LogP contribution in [0.25, 0.3) is 11.1 Å². The molecule has 0 aliphatic carbocycles. The fraction of sp³-hybridized carbons (Fsp3) is 0.280. The van der Waals surface area contributed by atoms with Crippen molar-refractivity contribution in [1.29, 1.82) is 0 Å². The first-order valence-electron chi connectivity index (χ1n) is 10.3. The van der Waals surface area contributed by atoms with Crippen molar-refractivity contribution in [2.45, 2.75) is 19.8 Å². The van der Waals surface area contributed by atoms with Crippen molar-refractivity contribution in [3.63, 3.8) is 0 Å². The molecule has 0 radical (unpaired) electrons. The van der Waals surface area contributed by atoms with Gasteiger partial charge in [0.2, 0.25) is 5.88 Å². The van der Waals surface area contributed by atoms with Crippen molar-refractivity contribution in [2.24, 2.45) is 5.92 Å². The van der Waals surface area contributed by atoms with Gasteiger partial charge in [0, 0.05) is 30.6 Å². The van der Waals surface area contributed by atoms with Crippen LogP contribution in [0.5, 0.6) is 5.88 Å². The summed E-state index contributed by atoms with van der Waals surface area (Å²) in [4.78, 5) is 19.3. The fourth-order valence-electron chi connectivity index (χ4n) is 3.91. The number of aromatic nitrogens is 1. The molecular weight excluding hydrogens is 379 g/mol. The molecule has 1 unspecified atom stereocenters. The summed E-state index contributed by atoms with van der Waals surface area (Å²) in [5.41, 5.74) is 3.81. The van der Waals surface area contributed by atoms with Gasteiger partial charge in [-0.05, 0) is 43.0 Å². The molecule has 1 saturated heterocycles. The van der Waals surface area contributed by atoms with Gasteiger partial charge in [-0.3, -0.25) is 4.79 Å². The van der Waals surface area contributed by atoms with E-state index >= 15 is 0 Å². The number of carbonyl (C=O) groups excluding carboxylic acids is 1. The SMILES string of the molecule is Cc1ccc(-c2ccccc2)c(C(=O)N2CCCC(COc3ccc(F)cn3)C2)c1. The van der Waals surface area contributed by atoms with E-state index in [0.29, 0.717) is 19.0 Å². The minimum Gasteiger partial charge on any atom is -0.477 e. The number of nitrogens with zero attached hydrogens (tertiary/aromatic N) is 2. The molecule has 4 rings (SSSR count). The molecule has 0 N–H and O–H groups in total. The Kier molecular flexibility index (Phi) is 6.07. The topological polar surface area (TPSA) is 42.4 Å². The molecule has 30 heavy (non-hydrogen) atoms.